The topological polar surface area (TPSA) is 43.1 Å². The quantitative estimate of drug-likeness (QED) is 0.793. The van der Waals surface area contributed by atoms with Gasteiger partial charge in [-0.3, -0.25) is 4.79 Å². The Morgan fingerprint density at radius 1 is 1.09 bits per heavy atom. The predicted octanol–water partition coefficient (Wildman–Crippen LogP) is 4.70. The van der Waals surface area contributed by atoms with Gasteiger partial charge < -0.3 is 5.73 Å². The van der Waals surface area contributed by atoms with Crippen LogP contribution in [0.4, 0.5) is 0 Å². The molecule has 0 aliphatic heterocycles. The van der Waals surface area contributed by atoms with Crippen molar-refractivity contribution in [2.45, 2.75) is 59.4 Å². The summed E-state index contributed by atoms with van der Waals surface area (Å²) in [5.41, 5.74) is 9.10. The Kier molecular flexibility index (Phi) is 5.44. The summed E-state index contributed by atoms with van der Waals surface area (Å²) in [7, 11) is 0. The van der Waals surface area contributed by atoms with E-state index in [9.17, 15) is 4.79 Å². The Morgan fingerprint density at radius 2 is 1.64 bits per heavy atom. The van der Waals surface area contributed by atoms with Crippen LogP contribution in [0.25, 0.3) is 0 Å². The van der Waals surface area contributed by atoms with Gasteiger partial charge in [0.05, 0.1) is 0 Å². The third-order valence-corrected chi connectivity index (χ3v) is 6.00. The summed E-state index contributed by atoms with van der Waals surface area (Å²) in [6.07, 6.45) is 2.72. The van der Waals surface area contributed by atoms with Crippen molar-refractivity contribution in [3.8, 4) is 0 Å². The summed E-state index contributed by atoms with van der Waals surface area (Å²) in [5, 5.41) is 0. The maximum Gasteiger partial charge on any atom is 0.133 e. The van der Waals surface area contributed by atoms with E-state index in [1.54, 1.807) is 6.92 Å². The van der Waals surface area contributed by atoms with E-state index in [0.29, 0.717) is 11.8 Å². The number of ketones is 1. The molecule has 0 bridgehead atoms. The van der Waals surface area contributed by atoms with E-state index in [-0.39, 0.29) is 23.7 Å². The highest BCUT2D eigenvalue weighted by Crippen LogP contribution is 2.44. The van der Waals surface area contributed by atoms with Gasteiger partial charge >= 0.3 is 0 Å². The molecule has 0 amide bonds. The molecule has 1 aromatic carbocycles. The molecule has 122 valence electrons. The van der Waals surface area contributed by atoms with E-state index < -0.39 is 0 Å². The summed E-state index contributed by atoms with van der Waals surface area (Å²) in [6, 6.07) is 8.48. The molecule has 1 fully saturated rings. The molecule has 0 saturated heterocycles. The monoisotopic (exact) mass is 301 g/mol. The Bertz CT molecular complexity index is 520. The zero-order chi connectivity index (χ0) is 16.4. The van der Waals surface area contributed by atoms with E-state index in [2.05, 4.69) is 45.0 Å². The van der Waals surface area contributed by atoms with Gasteiger partial charge in [-0.25, -0.2) is 0 Å². The van der Waals surface area contributed by atoms with Crippen molar-refractivity contribution in [1.82, 2.24) is 0 Å². The molecule has 2 rings (SSSR count). The third kappa shape index (κ3) is 3.60. The Morgan fingerprint density at radius 3 is 2.14 bits per heavy atom. The smallest absolute Gasteiger partial charge is 0.133 e. The summed E-state index contributed by atoms with van der Waals surface area (Å²) in [5.74, 6) is 2.49. The molecule has 5 atom stereocenters. The summed E-state index contributed by atoms with van der Waals surface area (Å²) in [4.78, 5) is 11.7. The van der Waals surface area contributed by atoms with E-state index in [1.165, 1.54) is 24.0 Å². The summed E-state index contributed by atoms with van der Waals surface area (Å²) >= 11 is 0. The van der Waals surface area contributed by atoms with Crippen LogP contribution in [-0.4, -0.2) is 5.78 Å². The van der Waals surface area contributed by atoms with Crippen LogP contribution in [0.3, 0.4) is 0 Å². The number of carbonyl (C=O) groups is 1. The van der Waals surface area contributed by atoms with Crippen LogP contribution >= 0.6 is 0 Å². The molecule has 1 aliphatic rings. The standard InChI is InChI=1S/C20H31NO/c1-12(16(5)22)14(3)18-8-6-7-9-19(18)20(21)15(4)13(2)17-10-11-17/h6-9,12-15,17,20H,10-11,21H2,1-5H3. The minimum atomic E-state index is 0.0320. The molecule has 1 aromatic rings. The SMILES string of the molecule is CC(=O)C(C)C(C)c1ccccc1C(N)C(C)C(C)C1CC1. The molecule has 1 aliphatic carbocycles. The molecule has 2 heteroatoms. The highest BCUT2D eigenvalue weighted by molar-refractivity contribution is 5.79. The maximum absolute atomic E-state index is 11.7. The Balaban J connectivity index is 2.25. The fraction of sp³-hybridized carbons (Fsp3) is 0.650. The second-order valence-corrected chi connectivity index (χ2v) is 7.40. The number of hydrogen-bond acceptors (Lipinski definition) is 2. The summed E-state index contributed by atoms with van der Waals surface area (Å²) < 4.78 is 0. The molecule has 0 aromatic heterocycles. The van der Waals surface area contributed by atoms with Crippen LogP contribution in [0.2, 0.25) is 0 Å². The molecule has 0 heterocycles. The van der Waals surface area contributed by atoms with E-state index in [4.69, 9.17) is 5.73 Å². The minimum Gasteiger partial charge on any atom is -0.324 e. The zero-order valence-electron chi connectivity index (χ0n) is 14.7. The van der Waals surface area contributed by atoms with Gasteiger partial charge in [-0.15, -0.1) is 0 Å². The zero-order valence-corrected chi connectivity index (χ0v) is 14.7. The number of nitrogens with two attached hydrogens (primary N) is 1. The average Bonchev–Trinajstić information content (AvgIpc) is 3.36. The highest BCUT2D eigenvalue weighted by Gasteiger charge is 2.35. The number of carbonyl (C=O) groups excluding carboxylic acids is 1. The lowest BCUT2D eigenvalue weighted by molar-refractivity contribution is -0.120. The lowest BCUT2D eigenvalue weighted by atomic mass is 9.77. The van der Waals surface area contributed by atoms with Gasteiger partial charge in [0.15, 0.2) is 0 Å². The van der Waals surface area contributed by atoms with E-state index in [0.717, 1.165) is 5.92 Å². The first kappa shape index (κ1) is 17.2. The molecule has 1 saturated carbocycles. The van der Waals surface area contributed by atoms with Crippen molar-refractivity contribution < 1.29 is 4.79 Å². The van der Waals surface area contributed by atoms with Crippen LogP contribution in [0, 0.1) is 23.7 Å². The van der Waals surface area contributed by atoms with Crippen LogP contribution in [0.5, 0.6) is 0 Å². The van der Waals surface area contributed by atoms with Gasteiger partial charge in [0.1, 0.15) is 5.78 Å². The van der Waals surface area contributed by atoms with E-state index >= 15 is 0 Å². The van der Waals surface area contributed by atoms with Crippen molar-refractivity contribution in [2.24, 2.45) is 29.4 Å². The van der Waals surface area contributed by atoms with E-state index in [1.807, 2.05) is 6.92 Å². The normalized spacial score (nSPS) is 21.7. The number of rotatable bonds is 7. The lowest BCUT2D eigenvalue weighted by Gasteiger charge is -2.30. The molecule has 22 heavy (non-hydrogen) atoms. The van der Waals surface area contributed by atoms with Crippen LogP contribution in [0.1, 0.15) is 70.5 Å². The Hall–Kier alpha value is -1.15. The van der Waals surface area contributed by atoms with Crippen molar-refractivity contribution in [3.63, 3.8) is 0 Å². The van der Waals surface area contributed by atoms with Gasteiger partial charge in [-0.1, -0.05) is 52.0 Å². The molecule has 2 N–H and O–H groups in total. The highest BCUT2D eigenvalue weighted by atomic mass is 16.1. The third-order valence-electron chi connectivity index (χ3n) is 6.00. The fourth-order valence-corrected chi connectivity index (χ4v) is 3.51. The second-order valence-electron chi connectivity index (χ2n) is 7.40. The van der Waals surface area contributed by atoms with Crippen LogP contribution in [0.15, 0.2) is 24.3 Å². The van der Waals surface area contributed by atoms with Gasteiger partial charge in [0, 0.05) is 12.0 Å². The van der Waals surface area contributed by atoms with Crippen molar-refractivity contribution in [3.05, 3.63) is 35.4 Å². The van der Waals surface area contributed by atoms with Gasteiger partial charge in [0.25, 0.3) is 0 Å². The molecular formula is C20H31NO. The molecule has 0 spiro atoms. The van der Waals surface area contributed by atoms with Crippen molar-refractivity contribution >= 4 is 5.78 Å². The molecule has 5 unspecified atom stereocenters. The average molecular weight is 301 g/mol. The number of hydrogen-bond donors (Lipinski definition) is 1. The first-order chi connectivity index (χ1) is 10.3. The number of benzene rings is 1. The minimum absolute atomic E-state index is 0.0320. The summed E-state index contributed by atoms with van der Waals surface area (Å²) in [6.45, 7) is 10.5. The van der Waals surface area contributed by atoms with Crippen LogP contribution in [-0.2, 0) is 4.79 Å². The first-order valence-electron chi connectivity index (χ1n) is 8.69. The predicted molar refractivity (Wildman–Crippen MR) is 92.7 cm³/mol. The van der Waals surface area contributed by atoms with Gasteiger partial charge in [0.2, 0.25) is 0 Å². The van der Waals surface area contributed by atoms with Gasteiger partial charge in [-0.05, 0) is 54.6 Å². The second kappa shape index (κ2) is 6.95. The fourth-order valence-electron chi connectivity index (χ4n) is 3.51. The number of Topliss-reactive ketones (excluding diaryl/α,β-unsaturated/α-hetero) is 1. The Labute approximate surface area is 135 Å². The molecular weight excluding hydrogens is 270 g/mol. The maximum atomic E-state index is 11.7. The lowest BCUT2D eigenvalue weighted by Crippen LogP contribution is -2.27. The first-order valence-corrected chi connectivity index (χ1v) is 8.69. The van der Waals surface area contributed by atoms with Crippen molar-refractivity contribution in [2.75, 3.05) is 0 Å². The van der Waals surface area contributed by atoms with Gasteiger partial charge in [-0.2, -0.15) is 0 Å². The van der Waals surface area contributed by atoms with Crippen LogP contribution < -0.4 is 5.73 Å². The molecule has 2 nitrogen and oxygen atoms in total. The van der Waals surface area contributed by atoms with Crippen molar-refractivity contribution in [1.29, 1.82) is 0 Å². The molecule has 0 radical (unpaired) electrons. The largest absolute Gasteiger partial charge is 0.324 e.